The summed E-state index contributed by atoms with van der Waals surface area (Å²) in [6, 6.07) is 15.6. The van der Waals surface area contributed by atoms with Crippen molar-refractivity contribution in [3.8, 4) is 5.75 Å². The quantitative estimate of drug-likeness (QED) is 0.493. The predicted octanol–water partition coefficient (Wildman–Crippen LogP) is 5.08. The number of amides is 2. The molecule has 2 aromatic carbocycles. The Morgan fingerprint density at radius 3 is 2.59 bits per heavy atom. The summed E-state index contributed by atoms with van der Waals surface area (Å²) in [5.74, 6) is 0.320. The molecule has 0 saturated carbocycles. The third-order valence-corrected chi connectivity index (χ3v) is 6.95. The molecule has 4 rings (SSSR count). The van der Waals surface area contributed by atoms with E-state index < -0.39 is 5.82 Å². The van der Waals surface area contributed by atoms with Crippen LogP contribution in [-0.2, 0) is 11.3 Å². The summed E-state index contributed by atoms with van der Waals surface area (Å²) in [6.45, 7) is 8.30. The van der Waals surface area contributed by atoms with Crippen LogP contribution in [0.4, 0.5) is 21.6 Å². The number of aromatic nitrogens is 1. The van der Waals surface area contributed by atoms with Crippen LogP contribution >= 0.6 is 0 Å². The maximum absolute atomic E-state index is 14.4. The lowest BCUT2D eigenvalue weighted by Gasteiger charge is -2.30. The van der Waals surface area contributed by atoms with E-state index in [-0.39, 0.29) is 24.4 Å². The fourth-order valence-corrected chi connectivity index (χ4v) is 4.82. The zero-order chi connectivity index (χ0) is 27.9. The lowest BCUT2D eigenvalue weighted by atomic mass is 10.1. The van der Waals surface area contributed by atoms with Crippen LogP contribution in [0.1, 0.15) is 43.1 Å². The number of nitrogens with zero attached hydrogens (tertiary/aromatic N) is 4. The van der Waals surface area contributed by atoms with E-state index in [0.717, 1.165) is 18.7 Å². The number of hydrogen-bond acceptors (Lipinski definition) is 6. The first-order valence-electron chi connectivity index (χ1n) is 13.2. The van der Waals surface area contributed by atoms with E-state index in [4.69, 9.17) is 4.74 Å². The van der Waals surface area contributed by atoms with Crippen molar-refractivity contribution in [1.29, 1.82) is 0 Å². The highest BCUT2D eigenvalue weighted by atomic mass is 19.1. The van der Waals surface area contributed by atoms with Crippen molar-refractivity contribution < 1.29 is 18.7 Å². The van der Waals surface area contributed by atoms with E-state index in [2.05, 4.69) is 29.0 Å². The van der Waals surface area contributed by atoms with E-state index in [1.54, 1.807) is 41.3 Å². The van der Waals surface area contributed by atoms with Gasteiger partial charge in [-0.15, -0.1) is 0 Å². The number of anilines is 3. The standard InChI is InChI=1S/C30H36FN5O3/c1-21(2)34-14-7-15-36(22(3)37)28-18-24(31)12-11-23(28)20-35(17-16-34)30(38)27-10-6-13-32-29(27)33-25-8-5-9-26(19-25)39-4/h5-6,8-13,18-19,21H,7,14-17,20H2,1-4H3,(H,32,33). The van der Waals surface area contributed by atoms with Gasteiger partial charge >= 0.3 is 0 Å². The molecular weight excluding hydrogens is 497 g/mol. The molecule has 3 aromatic rings. The van der Waals surface area contributed by atoms with Crippen LogP contribution in [0.3, 0.4) is 0 Å². The molecule has 1 aliphatic heterocycles. The Morgan fingerprint density at radius 2 is 1.85 bits per heavy atom. The number of pyridine rings is 1. The fourth-order valence-electron chi connectivity index (χ4n) is 4.82. The molecule has 0 spiro atoms. The van der Waals surface area contributed by atoms with Gasteiger partial charge in [-0.05, 0) is 62.2 Å². The molecule has 9 heteroatoms. The van der Waals surface area contributed by atoms with Gasteiger partial charge in [0.15, 0.2) is 0 Å². The van der Waals surface area contributed by atoms with Crippen molar-refractivity contribution in [1.82, 2.24) is 14.8 Å². The average molecular weight is 534 g/mol. The Balaban J connectivity index is 1.72. The normalized spacial score (nSPS) is 14.9. The molecule has 1 aliphatic rings. The number of nitrogens with one attached hydrogen (secondary N) is 1. The number of hydrogen-bond donors (Lipinski definition) is 1. The minimum Gasteiger partial charge on any atom is -0.497 e. The number of halogens is 1. The summed E-state index contributed by atoms with van der Waals surface area (Å²) < 4.78 is 19.7. The Labute approximate surface area is 229 Å². The topological polar surface area (TPSA) is 78.0 Å². The first-order valence-corrected chi connectivity index (χ1v) is 13.2. The number of carbonyl (C=O) groups excluding carboxylic acids is 2. The van der Waals surface area contributed by atoms with Gasteiger partial charge in [0.1, 0.15) is 17.4 Å². The molecule has 2 heterocycles. The van der Waals surface area contributed by atoms with Crippen molar-refractivity contribution in [2.75, 3.05) is 43.5 Å². The average Bonchev–Trinajstić information content (AvgIpc) is 2.95. The van der Waals surface area contributed by atoms with Gasteiger partial charge < -0.3 is 19.9 Å². The zero-order valence-corrected chi connectivity index (χ0v) is 23.0. The molecular formula is C30H36FN5O3. The van der Waals surface area contributed by atoms with Gasteiger partial charge in [0, 0.05) is 63.6 Å². The summed E-state index contributed by atoms with van der Waals surface area (Å²) >= 11 is 0. The molecule has 39 heavy (non-hydrogen) atoms. The highest BCUT2D eigenvalue weighted by molar-refractivity contribution is 5.99. The molecule has 2 amide bonds. The molecule has 8 nitrogen and oxygen atoms in total. The van der Waals surface area contributed by atoms with E-state index >= 15 is 0 Å². The van der Waals surface area contributed by atoms with Crippen LogP contribution in [0.2, 0.25) is 0 Å². The maximum Gasteiger partial charge on any atom is 0.257 e. The first kappa shape index (κ1) is 28.0. The molecule has 0 atom stereocenters. The van der Waals surface area contributed by atoms with Gasteiger partial charge in [0.25, 0.3) is 5.91 Å². The van der Waals surface area contributed by atoms with Crippen molar-refractivity contribution >= 4 is 29.0 Å². The minimum atomic E-state index is -0.423. The molecule has 0 radical (unpaired) electrons. The molecule has 1 aromatic heterocycles. The third-order valence-electron chi connectivity index (χ3n) is 6.95. The number of rotatable bonds is 5. The number of benzene rings is 2. The monoisotopic (exact) mass is 533 g/mol. The summed E-state index contributed by atoms with van der Waals surface area (Å²) in [6.07, 6.45) is 2.37. The van der Waals surface area contributed by atoms with Gasteiger partial charge in [-0.3, -0.25) is 14.5 Å². The highest BCUT2D eigenvalue weighted by Gasteiger charge is 2.25. The van der Waals surface area contributed by atoms with Gasteiger partial charge in [0.2, 0.25) is 5.91 Å². The predicted molar refractivity (Wildman–Crippen MR) is 151 cm³/mol. The van der Waals surface area contributed by atoms with Crippen LogP contribution in [0, 0.1) is 5.82 Å². The smallest absolute Gasteiger partial charge is 0.257 e. The summed E-state index contributed by atoms with van der Waals surface area (Å²) in [5, 5.41) is 3.25. The van der Waals surface area contributed by atoms with Gasteiger partial charge in [-0.1, -0.05) is 12.1 Å². The number of carbonyl (C=O) groups is 2. The molecule has 0 aliphatic carbocycles. The molecule has 1 N–H and O–H groups in total. The van der Waals surface area contributed by atoms with Crippen molar-refractivity contribution in [2.24, 2.45) is 0 Å². The Bertz CT molecular complexity index is 1320. The Morgan fingerprint density at radius 1 is 1.03 bits per heavy atom. The summed E-state index contributed by atoms with van der Waals surface area (Å²) in [7, 11) is 1.60. The summed E-state index contributed by atoms with van der Waals surface area (Å²) in [4.78, 5) is 36.8. The third kappa shape index (κ3) is 6.92. The largest absolute Gasteiger partial charge is 0.497 e. The lowest BCUT2D eigenvalue weighted by Crippen LogP contribution is -2.41. The van der Waals surface area contributed by atoms with Crippen LogP contribution in [0.25, 0.3) is 0 Å². The first-order chi connectivity index (χ1) is 18.8. The van der Waals surface area contributed by atoms with Crippen molar-refractivity contribution in [3.05, 3.63) is 77.7 Å². The van der Waals surface area contributed by atoms with E-state index in [1.807, 2.05) is 24.3 Å². The number of ether oxygens (including phenoxy) is 1. The van der Waals surface area contributed by atoms with Gasteiger partial charge in [-0.2, -0.15) is 0 Å². The fraction of sp³-hybridized carbons (Fsp3) is 0.367. The van der Waals surface area contributed by atoms with E-state index in [9.17, 15) is 14.0 Å². The summed E-state index contributed by atoms with van der Waals surface area (Å²) in [5.41, 5.74) is 2.37. The van der Waals surface area contributed by atoms with Crippen molar-refractivity contribution in [3.63, 3.8) is 0 Å². The van der Waals surface area contributed by atoms with Crippen LogP contribution in [0.5, 0.6) is 5.75 Å². The second-order valence-electron chi connectivity index (χ2n) is 9.91. The SMILES string of the molecule is COc1cccc(Nc2ncccc2C(=O)N2CCN(C(C)C)CCCN(C(C)=O)c3cc(F)ccc3C2)c1. The van der Waals surface area contributed by atoms with Gasteiger partial charge in [-0.25, -0.2) is 9.37 Å². The minimum absolute atomic E-state index is 0.160. The number of methoxy groups -OCH3 is 1. The Kier molecular flexibility index (Phi) is 9.14. The molecule has 0 bridgehead atoms. The molecule has 0 fully saturated rings. The van der Waals surface area contributed by atoms with E-state index in [0.29, 0.717) is 48.0 Å². The zero-order valence-electron chi connectivity index (χ0n) is 23.0. The molecule has 206 valence electrons. The molecule has 0 unspecified atom stereocenters. The maximum atomic E-state index is 14.4. The van der Waals surface area contributed by atoms with Crippen LogP contribution in [-0.4, -0.2) is 65.9 Å². The van der Waals surface area contributed by atoms with Gasteiger partial charge in [0.05, 0.1) is 18.4 Å². The van der Waals surface area contributed by atoms with Crippen LogP contribution in [0.15, 0.2) is 60.8 Å². The van der Waals surface area contributed by atoms with Crippen LogP contribution < -0.4 is 15.0 Å². The molecule has 0 saturated heterocycles. The van der Waals surface area contributed by atoms with Crippen molar-refractivity contribution in [2.45, 2.75) is 39.8 Å². The number of fused-ring (bicyclic) bond motifs is 1. The second-order valence-corrected chi connectivity index (χ2v) is 9.91. The Hall–Kier alpha value is -3.98. The second kappa shape index (κ2) is 12.7. The lowest BCUT2D eigenvalue weighted by molar-refractivity contribution is -0.116. The highest BCUT2D eigenvalue weighted by Crippen LogP contribution is 2.28. The van der Waals surface area contributed by atoms with E-state index in [1.165, 1.54) is 19.1 Å².